The molecule has 2 fully saturated rings. The zero-order chi connectivity index (χ0) is 9.26. The summed E-state index contributed by atoms with van der Waals surface area (Å²) in [6.45, 7) is 1.98. The molecule has 0 aromatic heterocycles. The molecule has 1 atom stereocenters. The fraction of sp³-hybridized carbons (Fsp3) is 0.750. The average molecular weight is 200 g/mol. The van der Waals surface area contributed by atoms with Crippen molar-refractivity contribution in [2.75, 3.05) is 19.7 Å². The van der Waals surface area contributed by atoms with Gasteiger partial charge in [0.15, 0.2) is 5.11 Å². The van der Waals surface area contributed by atoms with Crippen molar-refractivity contribution < 1.29 is 9.53 Å². The fourth-order valence-corrected chi connectivity index (χ4v) is 1.92. The second kappa shape index (κ2) is 3.59. The minimum atomic E-state index is -0.0111. The Balaban J connectivity index is 1.87. The number of hydrogen-bond acceptors (Lipinski definition) is 3. The Morgan fingerprint density at radius 2 is 2.54 bits per heavy atom. The number of ether oxygens (including phenoxy) is 1. The van der Waals surface area contributed by atoms with Gasteiger partial charge in [0.2, 0.25) is 5.91 Å². The summed E-state index contributed by atoms with van der Waals surface area (Å²) < 4.78 is 5.46. The Morgan fingerprint density at radius 3 is 3.08 bits per heavy atom. The van der Waals surface area contributed by atoms with Crippen LogP contribution in [0.3, 0.4) is 0 Å². The molecule has 2 rings (SSSR count). The van der Waals surface area contributed by atoms with Gasteiger partial charge in [0, 0.05) is 13.2 Å². The van der Waals surface area contributed by atoms with Crippen LogP contribution in [0.2, 0.25) is 0 Å². The first-order valence-electron chi connectivity index (χ1n) is 4.46. The summed E-state index contributed by atoms with van der Waals surface area (Å²) in [6, 6.07) is 0. The summed E-state index contributed by atoms with van der Waals surface area (Å²) in [7, 11) is 0. The molecule has 0 saturated carbocycles. The molecule has 2 heterocycles. The van der Waals surface area contributed by atoms with Crippen LogP contribution in [0.15, 0.2) is 0 Å². The average Bonchev–Trinajstić information content (AvgIpc) is 2.63. The van der Waals surface area contributed by atoms with E-state index >= 15 is 0 Å². The second-order valence-electron chi connectivity index (χ2n) is 3.37. The molecule has 1 N–H and O–H groups in total. The van der Waals surface area contributed by atoms with Crippen LogP contribution in [0.25, 0.3) is 0 Å². The third-order valence-corrected chi connectivity index (χ3v) is 2.68. The van der Waals surface area contributed by atoms with Gasteiger partial charge in [-0.05, 0) is 25.1 Å². The third-order valence-electron chi connectivity index (χ3n) is 2.32. The Bertz CT molecular complexity index is 238. The van der Waals surface area contributed by atoms with E-state index in [1.54, 1.807) is 0 Å². The molecule has 4 nitrogen and oxygen atoms in total. The van der Waals surface area contributed by atoms with E-state index in [0.717, 1.165) is 26.0 Å². The molecule has 72 valence electrons. The lowest BCUT2D eigenvalue weighted by atomic mass is 10.2. The van der Waals surface area contributed by atoms with E-state index in [1.165, 1.54) is 0 Å². The molecule has 0 radical (unpaired) electrons. The lowest BCUT2D eigenvalue weighted by Gasteiger charge is -2.19. The number of rotatable bonds is 2. The van der Waals surface area contributed by atoms with Gasteiger partial charge in [-0.25, -0.2) is 0 Å². The molecule has 0 aromatic carbocycles. The van der Waals surface area contributed by atoms with Gasteiger partial charge in [-0.15, -0.1) is 0 Å². The summed E-state index contributed by atoms with van der Waals surface area (Å²) in [4.78, 5) is 12.8. The Kier molecular flexibility index (Phi) is 2.46. The van der Waals surface area contributed by atoms with Gasteiger partial charge in [0.05, 0.1) is 12.6 Å². The van der Waals surface area contributed by atoms with Crippen molar-refractivity contribution in [2.24, 2.45) is 0 Å². The van der Waals surface area contributed by atoms with Crippen molar-refractivity contribution in [3.05, 3.63) is 0 Å². The third kappa shape index (κ3) is 1.97. The summed E-state index contributed by atoms with van der Waals surface area (Å²) in [5.41, 5.74) is 0. The van der Waals surface area contributed by atoms with Gasteiger partial charge >= 0.3 is 0 Å². The van der Waals surface area contributed by atoms with E-state index in [0.29, 0.717) is 11.7 Å². The number of hydrogen-bond donors (Lipinski definition) is 1. The van der Waals surface area contributed by atoms with Gasteiger partial charge in [-0.3, -0.25) is 4.79 Å². The first-order chi connectivity index (χ1) is 6.25. The van der Waals surface area contributed by atoms with Crippen molar-refractivity contribution in [2.45, 2.75) is 18.9 Å². The van der Waals surface area contributed by atoms with Crippen LogP contribution >= 0.6 is 12.2 Å². The smallest absolute Gasteiger partial charge is 0.245 e. The highest BCUT2D eigenvalue weighted by Crippen LogP contribution is 2.14. The molecule has 2 saturated heterocycles. The number of carbonyl (C=O) groups excluding carboxylic acids is 1. The van der Waals surface area contributed by atoms with Gasteiger partial charge in [0.1, 0.15) is 0 Å². The van der Waals surface area contributed by atoms with E-state index in [2.05, 4.69) is 5.32 Å². The monoisotopic (exact) mass is 200 g/mol. The van der Waals surface area contributed by atoms with E-state index in [9.17, 15) is 4.79 Å². The van der Waals surface area contributed by atoms with Crippen molar-refractivity contribution in [1.82, 2.24) is 10.2 Å². The number of nitrogens with one attached hydrogen (secondary N) is 1. The molecule has 2 aliphatic heterocycles. The van der Waals surface area contributed by atoms with Crippen molar-refractivity contribution in [3.63, 3.8) is 0 Å². The highest BCUT2D eigenvalue weighted by Gasteiger charge is 2.27. The van der Waals surface area contributed by atoms with E-state index in [4.69, 9.17) is 17.0 Å². The summed E-state index contributed by atoms with van der Waals surface area (Å²) in [5.74, 6) is -0.0111. The molecule has 0 spiro atoms. The molecule has 0 unspecified atom stereocenters. The maximum absolute atomic E-state index is 11.0. The summed E-state index contributed by atoms with van der Waals surface area (Å²) >= 11 is 4.99. The number of carbonyl (C=O) groups is 1. The quantitative estimate of drug-likeness (QED) is 0.631. The van der Waals surface area contributed by atoms with Crippen LogP contribution < -0.4 is 5.32 Å². The minimum absolute atomic E-state index is 0.0111. The molecule has 5 heteroatoms. The van der Waals surface area contributed by atoms with Crippen LogP contribution in [0.4, 0.5) is 0 Å². The predicted octanol–water partition coefficient (Wildman–Crippen LogP) is -0.118. The zero-order valence-electron chi connectivity index (χ0n) is 7.28. The van der Waals surface area contributed by atoms with Crippen LogP contribution in [0.1, 0.15) is 12.8 Å². The second-order valence-corrected chi connectivity index (χ2v) is 3.76. The Hall–Kier alpha value is -0.680. The minimum Gasteiger partial charge on any atom is -0.376 e. The molecular weight excluding hydrogens is 188 g/mol. The van der Waals surface area contributed by atoms with E-state index in [1.807, 2.05) is 4.90 Å². The molecule has 0 aromatic rings. The van der Waals surface area contributed by atoms with Crippen LogP contribution in [-0.4, -0.2) is 41.7 Å². The van der Waals surface area contributed by atoms with Gasteiger partial charge in [-0.1, -0.05) is 0 Å². The molecule has 0 bridgehead atoms. The highest BCUT2D eigenvalue weighted by molar-refractivity contribution is 7.80. The molecule has 2 aliphatic rings. The number of amides is 1. The SMILES string of the molecule is O=C1CN(C[C@H]2CCCO2)C(=S)N1. The standard InChI is InChI=1S/C8H12N2O2S/c11-7-5-10(8(13)9-7)4-6-2-1-3-12-6/h6H,1-5H2,(H,9,11,13)/t6-/m1/s1. The van der Waals surface area contributed by atoms with Gasteiger partial charge in [0.25, 0.3) is 0 Å². The van der Waals surface area contributed by atoms with Crippen LogP contribution in [-0.2, 0) is 9.53 Å². The van der Waals surface area contributed by atoms with Crippen molar-refractivity contribution in [1.29, 1.82) is 0 Å². The first kappa shape index (κ1) is 8.90. The predicted molar refractivity (Wildman–Crippen MR) is 51.3 cm³/mol. The Labute approximate surface area is 82.2 Å². The lowest BCUT2D eigenvalue weighted by molar-refractivity contribution is -0.118. The molecule has 1 amide bonds. The molecular formula is C8H12N2O2S. The molecule has 13 heavy (non-hydrogen) atoms. The topological polar surface area (TPSA) is 41.6 Å². The van der Waals surface area contributed by atoms with Crippen LogP contribution in [0, 0.1) is 0 Å². The maximum atomic E-state index is 11.0. The first-order valence-corrected chi connectivity index (χ1v) is 4.87. The maximum Gasteiger partial charge on any atom is 0.245 e. The number of nitrogens with zero attached hydrogens (tertiary/aromatic N) is 1. The van der Waals surface area contributed by atoms with Gasteiger partial charge in [-0.2, -0.15) is 0 Å². The largest absolute Gasteiger partial charge is 0.376 e. The Morgan fingerprint density at radius 1 is 1.69 bits per heavy atom. The van der Waals surface area contributed by atoms with E-state index < -0.39 is 0 Å². The zero-order valence-corrected chi connectivity index (χ0v) is 8.10. The lowest BCUT2D eigenvalue weighted by Crippen LogP contribution is -2.34. The fourth-order valence-electron chi connectivity index (χ4n) is 1.66. The van der Waals surface area contributed by atoms with E-state index in [-0.39, 0.29) is 12.0 Å². The number of thiocarbonyl (C=S) groups is 1. The normalized spacial score (nSPS) is 28.3. The van der Waals surface area contributed by atoms with Crippen molar-refractivity contribution in [3.8, 4) is 0 Å². The van der Waals surface area contributed by atoms with Gasteiger partial charge < -0.3 is 15.0 Å². The molecule has 0 aliphatic carbocycles. The van der Waals surface area contributed by atoms with Crippen molar-refractivity contribution >= 4 is 23.2 Å². The summed E-state index contributed by atoms with van der Waals surface area (Å²) in [6.07, 6.45) is 2.45. The van der Waals surface area contributed by atoms with Crippen LogP contribution in [0.5, 0.6) is 0 Å². The highest BCUT2D eigenvalue weighted by atomic mass is 32.1. The summed E-state index contributed by atoms with van der Waals surface area (Å²) in [5, 5.41) is 3.15.